The lowest BCUT2D eigenvalue weighted by molar-refractivity contribution is -0.144. The average Bonchev–Trinajstić information content (AvgIpc) is 2.12. The summed E-state index contributed by atoms with van der Waals surface area (Å²) in [6.07, 6.45) is 4.15. The number of allylic oxidation sites excluding steroid dienone is 2. The third-order valence-electron chi connectivity index (χ3n) is 2.13. The van der Waals surface area contributed by atoms with Gasteiger partial charge in [-0.25, -0.2) is 0 Å². The summed E-state index contributed by atoms with van der Waals surface area (Å²) in [7, 11) is 0. The van der Waals surface area contributed by atoms with Crippen molar-refractivity contribution in [3.63, 3.8) is 0 Å². The smallest absolute Gasteiger partial charge is 0.306 e. The van der Waals surface area contributed by atoms with Crippen LogP contribution in [0.1, 0.15) is 33.1 Å². The van der Waals surface area contributed by atoms with Gasteiger partial charge in [-0.1, -0.05) is 18.2 Å². The SMILES string of the molecule is C=CCCC(CC(=O)OCC)C(=C)C. The van der Waals surface area contributed by atoms with Gasteiger partial charge in [0.05, 0.1) is 13.0 Å². The number of hydrogen-bond donors (Lipinski definition) is 0. The van der Waals surface area contributed by atoms with Gasteiger partial charge in [0, 0.05) is 0 Å². The van der Waals surface area contributed by atoms with E-state index in [9.17, 15) is 4.79 Å². The minimum atomic E-state index is -0.135. The molecular formula is C12H20O2. The molecule has 0 aromatic carbocycles. The molecule has 0 saturated carbocycles. The molecule has 0 rings (SSSR count). The zero-order valence-electron chi connectivity index (χ0n) is 9.21. The largest absolute Gasteiger partial charge is 0.466 e. The summed E-state index contributed by atoms with van der Waals surface area (Å²) >= 11 is 0. The van der Waals surface area contributed by atoms with E-state index in [1.165, 1.54) is 0 Å². The van der Waals surface area contributed by atoms with E-state index in [0.29, 0.717) is 13.0 Å². The van der Waals surface area contributed by atoms with Crippen LogP contribution in [0.4, 0.5) is 0 Å². The van der Waals surface area contributed by atoms with E-state index in [2.05, 4.69) is 13.2 Å². The lowest BCUT2D eigenvalue weighted by Gasteiger charge is -2.14. The number of ether oxygens (including phenoxy) is 1. The predicted octanol–water partition coefficient (Wildman–Crippen LogP) is 3.10. The monoisotopic (exact) mass is 196 g/mol. The highest BCUT2D eigenvalue weighted by molar-refractivity contribution is 5.70. The molecule has 0 aliphatic rings. The van der Waals surface area contributed by atoms with Crippen molar-refractivity contribution in [3.8, 4) is 0 Å². The van der Waals surface area contributed by atoms with E-state index in [0.717, 1.165) is 18.4 Å². The van der Waals surface area contributed by atoms with Gasteiger partial charge in [0.15, 0.2) is 0 Å². The second-order valence-electron chi connectivity index (χ2n) is 3.42. The first-order valence-corrected chi connectivity index (χ1v) is 5.03. The second kappa shape index (κ2) is 7.36. The van der Waals surface area contributed by atoms with E-state index in [-0.39, 0.29) is 11.9 Å². The van der Waals surface area contributed by atoms with Crippen molar-refractivity contribution < 1.29 is 9.53 Å². The van der Waals surface area contributed by atoms with Gasteiger partial charge in [-0.15, -0.1) is 6.58 Å². The summed E-state index contributed by atoms with van der Waals surface area (Å²) in [4.78, 5) is 11.2. The number of carbonyl (C=O) groups excluding carboxylic acids is 1. The average molecular weight is 196 g/mol. The van der Waals surface area contributed by atoms with Gasteiger partial charge in [0.25, 0.3) is 0 Å². The fourth-order valence-electron chi connectivity index (χ4n) is 1.26. The molecule has 0 aromatic rings. The Morgan fingerprint density at radius 3 is 2.64 bits per heavy atom. The fraction of sp³-hybridized carbons (Fsp3) is 0.583. The Labute approximate surface area is 86.6 Å². The molecule has 0 aliphatic heterocycles. The van der Waals surface area contributed by atoms with Crippen molar-refractivity contribution in [1.82, 2.24) is 0 Å². The summed E-state index contributed by atoms with van der Waals surface area (Å²) in [5.74, 6) is 0.0941. The molecule has 0 spiro atoms. The summed E-state index contributed by atoms with van der Waals surface area (Å²) < 4.78 is 4.90. The lowest BCUT2D eigenvalue weighted by Crippen LogP contribution is -2.12. The maximum Gasteiger partial charge on any atom is 0.306 e. The van der Waals surface area contributed by atoms with Crippen LogP contribution in [0, 0.1) is 5.92 Å². The third kappa shape index (κ3) is 5.57. The van der Waals surface area contributed by atoms with Crippen LogP contribution < -0.4 is 0 Å². The molecule has 1 atom stereocenters. The molecule has 80 valence electrons. The summed E-state index contributed by atoms with van der Waals surface area (Å²) in [6, 6.07) is 0. The predicted molar refractivity (Wildman–Crippen MR) is 59.0 cm³/mol. The second-order valence-corrected chi connectivity index (χ2v) is 3.42. The number of carbonyl (C=O) groups is 1. The van der Waals surface area contributed by atoms with Gasteiger partial charge >= 0.3 is 5.97 Å². The van der Waals surface area contributed by atoms with Gasteiger partial charge in [-0.3, -0.25) is 4.79 Å². The maximum absolute atomic E-state index is 11.2. The van der Waals surface area contributed by atoms with Gasteiger partial charge in [-0.2, -0.15) is 0 Å². The van der Waals surface area contributed by atoms with Crippen LogP contribution in [0.2, 0.25) is 0 Å². The molecule has 0 heterocycles. The van der Waals surface area contributed by atoms with E-state index >= 15 is 0 Å². The number of hydrogen-bond acceptors (Lipinski definition) is 2. The van der Waals surface area contributed by atoms with Gasteiger partial charge in [0.2, 0.25) is 0 Å². The van der Waals surface area contributed by atoms with Crippen LogP contribution in [0.3, 0.4) is 0 Å². The van der Waals surface area contributed by atoms with Crippen LogP contribution in [0.5, 0.6) is 0 Å². The van der Waals surface area contributed by atoms with Gasteiger partial charge in [0.1, 0.15) is 0 Å². The van der Waals surface area contributed by atoms with Crippen molar-refractivity contribution in [2.75, 3.05) is 6.61 Å². The number of rotatable bonds is 7. The first-order valence-electron chi connectivity index (χ1n) is 5.03. The Morgan fingerprint density at radius 1 is 1.57 bits per heavy atom. The summed E-state index contributed by atoms with van der Waals surface area (Å²) in [6.45, 7) is 11.8. The van der Waals surface area contributed by atoms with Crippen molar-refractivity contribution in [2.24, 2.45) is 5.92 Å². The zero-order valence-corrected chi connectivity index (χ0v) is 9.21. The van der Waals surface area contributed by atoms with E-state index in [4.69, 9.17) is 4.74 Å². The van der Waals surface area contributed by atoms with Crippen molar-refractivity contribution in [1.29, 1.82) is 0 Å². The highest BCUT2D eigenvalue weighted by atomic mass is 16.5. The molecule has 0 saturated heterocycles. The minimum Gasteiger partial charge on any atom is -0.466 e. The Bertz CT molecular complexity index is 206. The lowest BCUT2D eigenvalue weighted by atomic mass is 9.93. The molecule has 0 amide bonds. The highest BCUT2D eigenvalue weighted by Gasteiger charge is 2.14. The fourth-order valence-corrected chi connectivity index (χ4v) is 1.26. The molecule has 2 nitrogen and oxygen atoms in total. The Hall–Kier alpha value is -1.05. The standard InChI is InChI=1S/C12H20O2/c1-5-7-8-11(10(3)4)9-12(13)14-6-2/h5,11H,1,3,6-9H2,2,4H3. The number of esters is 1. The van der Waals surface area contributed by atoms with Crippen LogP contribution in [-0.2, 0) is 9.53 Å². The highest BCUT2D eigenvalue weighted by Crippen LogP contribution is 2.20. The summed E-state index contributed by atoms with van der Waals surface area (Å²) in [5.41, 5.74) is 1.04. The molecule has 0 radical (unpaired) electrons. The Kier molecular flexibility index (Phi) is 6.81. The van der Waals surface area contributed by atoms with Gasteiger partial charge < -0.3 is 4.74 Å². The van der Waals surface area contributed by atoms with Crippen molar-refractivity contribution in [3.05, 3.63) is 24.8 Å². The third-order valence-corrected chi connectivity index (χ3v) is 2.13. The van der Waals surface area contributed by atoms with E-state index in [1.54, 1.807) is 0 Å². The Balaban J connectivity index is 4.01. The van der Waals surface area contributed by atoms with E-state index < -0.39 is 0 Å². The van der Waals surface area contributed by atoms with Crippen LogP contribution in [-0.4, -0.2) is 12.6 Å². The molecule has 0 bridgehead atoms. The normalized spacial score (nSPS) is 11.9. The van der Waals surface area contributed by atoms with Crippen LogP contribution in [0.25, 0.3) is 0 Å². The zero-order chi connectivity index (χ0) is 11.0. The quantitative estimate of drug-likeness (QED) is 0.462. The topological polar surface area (TPSA) is 26.3 Å². The molecule has 0 aliphatic carbocycles. The van der Waals surface area contributed by atoms with Crippen molar-refractivity contribution in [2.45, 2.75) is 33.1 Å². The van der Waals surface area contributed by atoms with Crippen molar-refractivity contribution >= 4 is 5.97 Å². The van der Waals surface area contributed by atoms with Crippen LogP contribution in [0.15, 0.2) is 24.8 Å². The molecular weight excluding hydrogens is 176 g/mol. The molecule has 2 heteroatoms. The van der Waals surface area contributed by atoms with E-state index in [1.807, 2.05) is 19.9 Å². The molecule has 0 N–H and O–H groups in total. The van der Waals surface area contributed by atoms with Gasteiger partial charge in [-0.05, 0) is 32.6 Å². The maximum atomic E-state index is 11.2. The first kappa shape index (κ1) is 12.9. The Morgan fingerprint density at radius 2 is 2.21 bits per heavy atom. The van der Waals surface area contributed by atoms with Crippen LogP contribution >= 0.6 is 0 Å². The molecule has 1 unspecified atom stereocenters. The summed E-state index contributed by atoms with van der Waals surface area (Å²) in [5, 5.41) is 0. The molecule has 14 heavy (non-hydrogen) atoms. The first-order chi connectivity index (χ1) is 6.61. The molecule has 0 aromatic heterocycles. The minimum absolute atomic E-state index is 0.135. The molecule has 0 fully saturated rings.